The molecule has 0 aromatic carbocycles. The number of nitrogens with one attached hydrogen (secondary N) is 2. The smallest absolute Gasteiger partial charge is 0.255 e. The molecule has 2 aromatic rings. The van der Waals surface area contributed by atoms with Gasteiger partial charge in [0.15, 0.2) is 0 Å². The fourth-order valence-electron chi connectivity index (χ4n) is 1.76. The number of pyridine rings is 2. The van der Waals surface area contributed by atoms with Crippen LogP contribution in [0.2, 0.25) is 0 Å². The summed E-state index contributed by atoms with van der Waals surface area (Å²) >= 11 is 0. The van der Waals surface area contributed by atoms with Crippen molar-refractivity contribution in [3.05, 3.63) is 41.7 Å². The number of hydrazine groups is 1. The maximum Gasteiger partial charge on any atom is 0.255 e. The zero-order valence-corrected chi connectivity index (χ0v) is 11.9. The van der Waals surface area contributed by atoms with E-state index in [9.17, 15) is 4.79 Å². The van der Waals surface area contributed by atoms with Gasteiger partial charge in [-0.2, -0.15) is 0 Å². The molecule has 0 aliphatic carbocycles. The SMILES string of the molecule is CCOc1ccc(NC(=O)c2cc(C)nc(NN)c2)cn1. The Hall–Kier alpha value is -2.67. The highest BCUT2D eigenvalue weighted by Gasteiger charge is 2.09. The van der Waals surface area contributed by atoms with Gasteiger partial charge in [0.05, 0.1) is 18.5 Å². The molecule has 2 rings (SSSR count). The van der Waals surface area contributed by atoms with Gasteiger partial charge in [0, 0.05) is 17.3 Å². The molecule has 0 saturated carbocycles. The number of hydrogen-bond acceptors (Lipinski definition) is 6. The van der Waals surface area contributed by atoms with E-state index in [2.05, 4.69) is 20.7 Å². The fraction of sp³-hybridized carbons (Fsp3) is 0.214. The molecule has 7 nitrogen and oxygen atoms in total. The largest absolute Gasteiger partial charge is 0.478 e. The first-order valence-corrected chi connectivity index (χ1v) is 6.48. The van der Waals surface area contributed by atoms with Crippen molar-refractivity contribution in [1.82, 2.24) is 9.97 Å². The molecule has 7 heteroatoms. The maximum atomic E-state index is 12.2. The number of nitrogen functional groups attached to an aromatic ring is 1. The third-order valence-corrected chi connectivity index (χ3v) is 2.65. The summed E-state index contributed by atoms with van der Waals surface area (Å²) in [6, 6.07) is 6.68. The average Bonchev–Trinajstić information content (AvgIpc) is 2.48. The van der Waals surface area contributed by atoms with Crippen LogP contribution >= 0.6 is 0 Å². The van der Waals surface area contributed by atoms with Crippen LogP contribution in [0, 0.1) is 6.92 Å². The summed E-state index contributed by atoms with van der Waals surface area (Å²) in [5.41, 5.74) is 4.17. The van der Waals surface area contributed by atoms with Gasteiger partial charge in [-0.25, -0.2) is 15.8 Å². The number of carbonyl (C=O) groups is 1. The second-order valence-electron chi connectivity index (χ2n) is 4.30. The molecule has 0 bridgehead atoms. The van der Waals surface area contributed by atoms with Crippen LogP contribution in [0.5, 0.6) is 5.88 Å². The summed E-state index contributed by atoms with van der Waals surface area (Å²) in [5.74, 6) is 6.01. The van der Waals surface area contributed by atoms with Crippen molar-refractivity contribution >= 4 is 17.4 Å². The molecule has 0 spiro atoms. The molecular weight excluding hydrogens is 270 g/mol. The van der Waals surface area contributed by atoms with Crippen LogP contribution in [0.15, 0.2) is 30.5 Å². The normalized spacial score (nSPS) is 10.0. The van der Waals surface area contributed by atoms with Gasteiger partial charge in [-0.05, 0) is 32.0 Å². The van der Waals surface area contributed by atoms with Crippen LogP contribution in [0.3, 0.4) is 0 Å². The first-order valence-electron chi connectivity index (χ1n) is 6.48. The number of aromatic nitrogens is 2. The molecule has 0 aliphatic rings. The first kappa shape index (κ1) is 14.7. The highest BCUT2D eigenvalue weighted by atomic mass is 16.5. The standard InChI is InChI=1S/C14H17N5O2/c1-3-21-13-5-4-11(8-16-13)18-14(20)10-6-9(2)17-12(7-10)19-15/h4-8H,3,15H2,1-2H3,(H,17,19)(H,18,20). The molecule has 4 N–H and O–H groups in total. The van der Waals surface area contributed by atoms with Crippen molar-refractivity contribution in [2.24, 2.45) is 5.84 Å². The number of carbonyl (C=O) groups excluding carboxylic acids is 1. The van der Waals surface area contributed by atoms with Gasteiger partial charge in [-0.3, -0.25) is 4.79 Å². The molecule has 2 aromatic heterocycles. The van der Waals surface area contributed by atoms with E-state index in [1.54, 1.807) is 37.4 Å². The lowest BCUT2D eigenvalue weighted by molar-refractivity contribution is 0.102. The Bertz CT molecular complexity index is 628. The zero-order chi connectivity index (χ0) is 15.2. The third-order valence-electron chi connectivity index (χ3n) is 2.65. The Labute approximate surface area is 122 Å². The minimum atomic E-state index is -0.261. The van der Waals surface area contributed by atoms with Crippen LogP contribution < -0.4 is 21.3 Å². The Morgan fingerprint density at radius 1 is 1.38 bits per heavy atom. The number of nitrogens with two attached hydrogens (primary N) is 1. The number of hydrogen-bond donors (Lipinski definition) is 3. The molecule has 0 atom stereocenters. The van der Waals surface area contributed by atoms with Gasteiger partial charge >= 0.3 is 0 Å². The molecule has 2 heterocycles. The molecule has 0 aliphatic heterocycles. The second-order valence-corrected chi connectivity index (χ2v) is 4.30. The highest BCUT2D eigenvalue weighted by Crippen LogP contribution is 2.14. The number of rotatable bonds is 5. The van der Waals surface area contributed by atoms with E-state index in [1.807, 2.05) is 6.92 Å². The Morgan fingerprint density at radius 3 is 2.81 bits per heavy atom. The van der Waals surface area contributed by atoms with Gasteiger partial charge in [0.1, 0.15) is 5.82 Å². The van der Waals surface area contributed by atoms with Gasteiger partial charge in [0.25, 0.3) is 5.91 Å². The Kier molecular flexibility index (Phi) is 4.68. The van der Waals surface area contributed by atoms with Gasteiger partial charge in [-0.1, -0.05) is 0 Å². The van der Waals surface area contributed by atoms with E-state index >= 15 is 0 Å². The van der Waals surface area contributed by atoms with Crippen LogP contribution in [-0.4, -0.2) is 22.5 Å². The summed E-state index contributed by atoms with van der Waals surface area (Å²) in [6.07, 6.45) is 1.54. The van der Waals surface area contributed by atoms with E-state index in [0.29, 0.717) is 35.2 Å². The van der Waals surface area contributed by atoms with Crippen molar-refractivity contribution in [3.8, 4) is 5.88 Å². The van der Waals surface area contributed by atoms with E-state index in [1.165, 1.54) is 0 Å². The topological polar surface area (TPSA) is 102 Å². The van der Waals surface area contributed by atoms with E-state index < -0.39 is 0 Å². The van der Waals surface area contributed by atoms with Crippen LogP contribution in [0.1, 0.15) is 23.0 Å². The highest BCUT2D eigenvalue weighted by molar-refractivity contribution is 6.04. The molecule has 0 radical (unpaired) electrons. The fourth-order valence-corrected chi connectivity index (χ4v) is 1.76. The maximum absolute atomic E-state index is 12.2. The molecule has 0 unspecified atom stereocenters. The van der Waals surface area contributed by atoms with E-state index in [4.69, 9.17) is 10.6 Å². The van der Waals surface area contributed by atoms with E-state index in [-0.39, 0.29) is 5.91 Å². The number of aryl methyl sites for hydroxylation is 1. The summed E-state index contributed by atoms with van der Waals surface area (Å²) in [4.78, 5) is 20.4. The summed E-state index contributed by atoms with van der Waals surface area (Å²) in [7, 11) is 0. The minimum absolute atomic E-state index is 0.261. The molecular formula is C14H17N5O2. The van der Waals surface area contributed by atoms with Gasteiger partial charge in [0.2, 0.25) is 5.88 Å². The number of nitrogens with zero attached hydrogens (tertiary/aromatic N) is 2. The molecule has 1 amide bonds. The van der Waals surface area contributed by atoms with Crippen LogP contribution in [0.4, 0.5) is 11.5 Å². The quantitative estimate of drug-likeness (QED) is 0.571. The Morgan fingerprint density at radius 2 is 2.19 bits per heavy atom. The predicted molar refractivity (Wildman–Crippen MR) is 80.1 cm³/mol. The van der Waals surface area contributed by atoms with Crippen molar-refractivity contribution in [2.75, 3.05) is 17.3 Å². The zero-order valence-electron chi connectivity index (χ0n) is 11.9. The molecule has 0 fully saturated rings. The van der Waals surface area contributed by atoms with E-state index in [0.717, 1.165) is 0 Å². The summed E-state index contributed by atoms with van der Waals surface area (Å²) < 4.78 is 5.24. The summed E-state index contributed by atoms with van der Waals surface area (Å²) in [5, 5.41) is 2.75. The molecule has 0 saturated heterocycles. The monoisotopic (exact) mass is 287 g/mol. The number of amides is 1. The predicted octanol–water partition coefficient (Wildman–Crippen LogP) is 1.72. The number of anilines is 2. The summed E-state index contributed by atoms with van der Waals surface area (Å²) in [6.45, 7) is 4.21. The number of ether oxygens (including phenoxy) is 1. The molecule has 110 valence electrons. The average molecular weight is 287 g/mol. The lowest BCUT2D eigenvalue weighted by Gasteiger charge is -2.08. The van der Waals surface area contributed by atoms with Gasteiger partial charge < -0.3 is 15.5 Å². The van der Waals surface area contributed by atoms with Crippen LogP contribution in [0.25, 0.3) is 0 Å². The molecule has 21 heavy (non-hydrogen) atoms. The lowest BCUT2D eigenvalue weighted by atomic mass is 10.2. The Balaban J connectivity index is 2.12. The minimum Gasteiger partial charge on any atom is -0.478 e. The van der Waals surface area contributed by atoms with Gasteiger partial charge in [-0.15, -0.1) is 0 Å². The lowest BCUT2D eigenvalue weighted by Crippen LogP contribution is -2.15. The van der Waals surface area contributed by atoms with Crippen molar-refractivity contribution in [3.63, 3.8) is 0 Å². The second kappa shape index (κ2) is 6.67. The first-order chi connectivity index (χ1) is 10.1. The third kappa shape index (κ3) is 3.90. The van der Waals surface area contributed by atoms with Crippen molar-refractivity contribution in [1.29, 1.82) is 0 Å². The van der Waals surface area contributed by atoms with Crippen LogP contribution in [-0.2, 0) is 0 Å². The van der Waals surface area contributed by atoms with Crippen molar-refractivity contribution in [2.45, 2.75) is 13.8 Å². The van der Waals surface area contributed by atoms with Crippen molar-refractivity contribution < 1.29 is 9.53 Å².